The van der Waals surface area contributed by atoms with Crippen LogP contribution in [0.1, 0.15) is 59.8 Å². The summed E-state index contributed by atoms with van der Waals surface area (Å²) in [5.74, 6) is 1.21. The normalized spacial score (nSPS) is 13.2. The topological polar surface area (TPSA) is 38.3 Å². The number of benzene rings is 1. The zero-order valence-electron chi connectivity index (χ0n) is 17.1. The Labute approximate surface area is 169 Å². The maximum atomic E-state index is 11.8. The summed E-state index contributed by atoms with van der Waals surface area (Å²) in [7, 11) is 0. The van der Waals surface area contributed by atoms with E-state index in [1.165, 1.54) is 12.8 Å². The lowest BCUT2D eigenvalue weighted by Gasteiger charge is -2.18. The molecule has 0 saturated heterocycles. The molecular formula is C23H34ClNO2. The molecule has 0 spiro atoms. The number of nitrogens with one attached hydrogen (secondary N) is 1. The van der Waals surface area contributed by atoms with Crippen molar-refractivity contribution in [3.63, 3.8) is 0 Å². The summed E-state index contributed by atoms with van der Waals surface area (Å²) in [6.45, 7) is 8.99. The Morgan fingerprint density at radius 3 is 2.74 bits per heavy atom. The number of hydrogen-bond acceptors (Lipinski definition) is 2. The van der Waals surface area contributed by atoms with Gasteiger partial charge >= 0.3 is 0 Å². The molecule has 1 amide bonds. The average molecular weight is 392 g/mol. The van der Waals surface area contributed by atoms with Crippen molar-refractivity contribution >= 4 is 17.5 Å². The van der Waals surface area contributed by atoms with Crippen molar-refractivity contribution in [1.29, 1.82) is 0 Å². The lowest BCUT2D eigenvalue weighted by atomic mass is 10.1. The van der Waals surface area contributed by atoms with Crippen molar-refractivity contribution in [2.75, 3.05) is 6.54 Å². The van der Waals surface area contributed by atoms with Gasteiger partial charge in [-0.15, -0.1) is 0 Å². The number of hydrogen-bond donors (Lipinski definition) is 1. The minimum absolute atomic E-state index is 0.0412. The van der Waals surface area contributed by atoms with Crippen molar-refractivity contribution in [3.8, 4) is 5.75 Å². The van der Waals surface area contributed by atoms with Crippen molar-refractivity contribution in [3.05, 3.63) is 53.1 Å². The molecule has 0 aromatic heterocycles. The second-order valence-electron chi connectivity index (χ2n) is 7.36. The van der Waals surface area contributed by atoms with Crippen LogP contribution in [0.15, 0.2) is 48.1 Å². The first-order valence-corrected chi connectivity index (χ1v) is 10.3. The monoisotopic (exact) mass is 391 g/mol. The fourth-order valence-corrected chi connectivity index (χ4v) is 2.78. The molecule has 4 heteroatoms. The Morgan fingerprint density at radius 1 is 1.30 bits per heavy atom. The van der Waals surface area contributed by atoms with E-state index in [4.69, 9.17) is 16.3 Å². The fraction of sp³-hybridized carbons (Fsp3) is 0.522. The molecule has 0 aliphatic rings. The van der Waals surface area contributed by atoms with E-state index in [1.54, 1.807) is 6.08 Å². The Kier molecular flexibility index (Phi) is 11.6. The van der Waals surface area contributed by atoms with Crippen molar-refractivity contribution in [2.24, 2.45) is 5.92 Å². The summed E-state index contributed by atoms with van der Waals surface area (Å²) < 4.78 is 6.14. The highest BCUT2D eigenvalue weighted by Crippen LogP contribution is 2.21. The summed E-state index contributed by atoms with van der Waals surface area (Å²) in [5, 5.41) is 3.58. The van der Waals surface area contributed by atoms with Gasteiger partial charge < -0.3 is 10.1 Å². The van der Waals surface area contributed by atoms with Crippen LogP contribution in [0.25, 0.3) is 0 Å². The van der Waals surface area contributed by atoms with Gasteiger partial charge in [-0.2, -0.15) is 0 Å². The number of amides is 1. The maximum absolute atomic E-state index is 11.8. The third-order valence-corrected chi connectivity index (χ3v) is 4.29. The van der Waals surface area contributed by atoms with Gasteiger partial charge in [0.25, 0.3) is 0 Å². The van der Waals surface area contributed by atoms with Gasteiger partial charge in [-0.25, -0.2) is 0 Å². The number of ether oxygens (including phenoxy) is 1. The number of halogens is 1. The van der Waals surface area contributed by atoms with Gasteiger partial charge in [0.05, 0.1) is 0 Å². The van der Waals surface area contributed by atoms with Crippen LogP contribution in [-0.2, 0) is 4.79 Å². The predicted octanol–water partition coefficient (Wildman–Crippen LogP) is 6.33. The summed E-state index contributed by atoms with van der Waals surface area (Å²) >= 11 is 6.06. The van der Waals surface area contributed by atoms with Crippen molar-refractivity contribution in [2.45, 2.75) is 65.9 Å². The van der Waals surface area contributed by atoms with Crippen LogP contribution in [0.4, 0.5) is 0 Å². The summed E-state index contributed by atoms with van der Waals surface area (Å²) in [4.78, 5) is 11.8. The summed E-state index contributed by atoms with van der Waals surface area (Å²) in [6, 6.07) is 7.53. The Balaban J connectivity index is 2.60. The van der Waals surface area contributed by atoms with Crippen LogP contribution in [0, 0.1) is 5.92 Å². The molecular weight excluding hydrogens is 358 g/mol. The van der Waals surface area contributed by atoms with E-state index in [1.807, 2.05) is 37.3 Å². The highest BCUT2D eigenvalue weighted by atomic mass is 35.5. The van der Waals surface area contributed by atoms with Gasteiger partial charge in [-0.1, -0.05) is 63.4 Å². The lowest BCUT2D eigenvalue weighted by molar-refractivity contribution is -0.116. The van der Waals surface area contributed by atoms with E-state index in [2.05, 4.69) is 32.2 Å². The quantitative estimate of drug-likeness (QED) is 0.256. The third kappa shape index (κ3) is 11.6. The molecule has 0 heterocycles. The van der Waals surface area contributed by atoms with Gasteiger partial charge in [-0.3, -0.25) is 4.79 Å². The molecule has 1 N–H and O–H groups in total. The van der Waals surface area contributed by atoms with Crippen LogP contribution < -0.4 is 10.1 Å². The van der Waals surface area contributed by atoms with E-state index in [0.29, 0.717) is 17.5 Å². The zero-order valence-corrected chi connectivity index (χ0v) is 17.9. The number of unbranched alkanes of at least 4 members (excludes halogenated alkanes) is 2. The average Bonchev–Trinajstić information content (AvgIpc) is 2.60. The Morgan fingerprint density at radius 2 is 2.07 bits per heavy atom. The minimum Gasteiger partial charge on any atom is -0.490 e. The first kappa shape index (κ1) is 23.3. The smallest absolute Gasteiger partial charge is 0.244 e. The molecule has 0 saturated carbocycles. The molecule has 0 bridgehead atoms. The molecule has 1 rings (SSSR count). The van der Waals surface area contributed by atoms with Gasteiger partial charge in [0, 0.05) is 24.1 Å². The molecule has 1 atom stereocenters. The third-order valence-electron chi connectivity index (χ3n) is 4.05. The molecule has 0 fully saturated rings. The van der Waals surface area contributed by atoms with Crippen LogP contribution in [0.2, 0.25) is 5.02 Å². The summed E-state index contributed by atoms with van der Waals surface area (Å²) in [6.07, 6.45) is 11.2. The standard InChI is InChI=1S/C23H34ClNO2/c1-5-6-7-12-21(27-22-14-9-11-20(24)16-22)13-8-10-19(4)15-23(26)25-17-18(2)3/h8-11,14-16,18,21H,5-7,12-13,17H2,1-4H3,(H,25,26). The highest BCUT2D eigenvalue weighted by molar-refractivity contribution is 6.30. The largest absolute Gasteiger partial charge is 0.490 e. The van der Waals surface area contributed by atoms with Crippen LogP contribution in [-0.4, -0.2) is 18.6 Å². The van der Waals surface area contributed by atoms with Gasteiger partial charge in [0.15, 0.2) is 0 Å². The number of carbonyl (C=O) groups is 1. The van der Waals surface area contributed by atoms with Gasteiger partial charge in [-0.05, 0) is 49.5 Å². The molecule has 1 unspecified atom stereocenters. The van der Waals surface area contributed by atoms with Crippen LogP contribution in [0.3, 0.4) is 0 Å². The zero-order chi connectivity index (χ0) is 20.1. The van der Waals surface area contributed by atoms with Crippen LogP contribution >= 0.6 is 11.6 Å². The van der Waals surface area contributed by atoms with E-state index in [-0.39, 0.29) is 12.0 Å². The van der Waals surface area contributed by atoms with E-state index in [0.717, 1.165) is 30.6 Å². The van der Waals surface area contributed by atoms with Gasteiger partial charge in [0.1, 0.15) is 11.9 Å². The lowest BCUT2D eigenvalue weighted by Crippen LogP contribution is -2.25. The summed E-state index contributed by atoms with van der Waals surface area (Å²) in [5.41, 5.74) is 0.936. The molecule has 0 radical (unpaired) electrons. The van der Waals surface area contributed by atoms with E-state index < -0.39 is 0 Å². The first-order chi connectivity index (χ1) is 12.9. The molecule has 1 aromatic rings. The Hall–Kier alpha value is -1.74. The SMILES string of the molecule is CCCCCC(CC=CC(C)=CC(=O)NCC(C)C)Oc1cccc(Cl)c1. The van der Waals surface area contributed by atoms with Gasteiger partial charge in [0.2, 0.25) is 5.91 Å². The van der Waals surface area contributed by atoms with Crippen molar-refractivity contribution in [1.82, 2.24) is 5.32 Å². The van der Waals surface area contributed by atoms with E-state index >= 15 is 0 Å². The van der Waals surface area contributed by atoms with Crippen LogP contribution in [0.5, 0.6) is 5.75 Å². The maximum Gasteiger partial charge on any atom is 0.244 e. The second-order valence-corrected chi connectivity index (χ2v) is 7.79. The fourth-order valence-electron chi connectivity index (χ4n) is 2.60. The molecule has 0 aliphatic carbocycles. The second kappa shape index (κ2) is 13.4. The highest BCUT2D eigenvalue weighted by Gasteiger charge is 2.09. The molecule has 150 valence electrons. The Bertz CT molecular complexity index is 623. The molecule has 1 aromatic carbocycles. The van der Waals surface area contributed by atoms with Crippen molar-refractivity contribution < 1.29 is 9.53 Å². The molecule has 0 aliphatic heterocycles. The van der Waals surface area contributed by atoms with E-state index in [9.17, 15) is 4.79 Å². The number of rotatable bonds is 12. The molecule has 27 heavy (non-hydrogen) atoms. The first-order valence-electron chi connectivity index (χ1n) is 9.95. The number of carbonyl (C=O) groups excluding carboxylic acids is 1. The number of allylic oxidation sites excluding steroid dienone is 2. The minimum atomic E-state index is -0.0412. The predicted molar refractivity (Wildman–Crippen MR) is 115 cm³/mol. The molecule has 3 nitrogen and oxygen atoms in total.